The highest BCUT2D eigenvalue weighted by molar-refractivity contribution is 8.00. The maximum absolute atomic E-state index is 12.3. The number of nitrogens with one attached hydrogen (secondary N) is 1. The molecule has 3 atom stereocenters. The van der Waals surface area contributed by atoms with Gasteiger partial charge >= 0.3 is 6.03 Å². The molecule has 0 aliphatic carbocycles. The number of benzene rings is 1. The van der Waals surface area contributed by atoms with Crippen molar-refractivity contribution in [3.05, 3.63) is 29.8 Å². The molecule has 1 aliphatic heterocycles. The normalized spacial score (nSPS) is 24.3. The molecule has 0 radical (unpaired) electrons. The quantitative estimate of drug-likeness (QED) is 0.881. The molecule has 0 aromatic heterocycles. The largest absolute Gasteiger partial charge is 0.324 e. The van der Waals surface area contributed by atoms with Crippen LogP contribution in [0.3, 0.4) is 0 Å². The van der Waals surface area contributed by atoms with Crippen LogP contribution in [0.4, 0.5) is 10.5 Å². The zero-order valence-corrected chi connectivity index (χ0v) is 13.1. The topological polar surface area (TPSA) is 58.4 Å². The maximum atomic E-state index is 12.3. The Morgan fingerprint density at radius 1 is 1.40 bits per heavy atom. The molecule has 1 saturated heterocycles. The van der Waals surface area contributed by atoms with Crippen LogP contribution < -0.4 is 11.1 Å². The first-order chi connectivity index (χ1) is 9.45. The summed E-state index contributed by atoms with van der Waals surface area (Å²) in [6.07, 6.45) is 0. The summed E-state index contributed by atoms with van der Waals surface area (Å²) in [4.78, 5) is 14.2. The van der Waals surface area contributed by atoms with Crippen LogP contribution in [0.15, 0.2) is 24.3 Å². The molecule has 3 N–H and O–H groups in total. The molecule has 0 spiro atoms. The molecule has 2 amide bonds. The molecule has 1 aromatic carbocycles. The van der Waals surface area contributed by atoms with Crippen molar-refractivity contribution < 1.29 is 4.79 Å². The van der Waals surface area contributed by atoms with E-state index in [4.69, 9.17) is 5.73 Å². The van der Waals surface area contributed by atoms with Gasteiger partial charge in [0, 0.05) is 35.3 Å². The molecule has 1 aliphatic rings. The van der Waals surface area contributed by atoms with E-state index in [1.54, 1.807) is 0 Å². The average molecular weight is 293 g/mol. The standard InChI is InChI=1S/C15H23N3OS/c1-10-8-18(9-11(2)20-10)15(19)17-14-6-4-5-13(7-14)12(3)16/h4-7,10-12H,8-9,16H2,1-3H3,(H,17,19). The third-order valence-electron chi connectivity index (χ3n) is 3.37. The Bertz CT molecular complexity index is 468. The number of thioether (sulfide) groups is 1. The second-order valence-electron chi connectivity index (χ2n) is 5.51. The molecule has 1 fully saturated rings. The first kappa shape index (κ1) is 15.2. The van der Waals surface area contributed by atoms with Gasteiger partial charge in [-0.3, -0.25) is 0 Å². The van der Waals surface area contributed by atoms with Crippen LogP contribution >= 0.6 is 11.8 Å². The fraction of sp³-hybridized carbons (Fsp3) is 0.533. The molecule has 1 aromatic rings. The molecule has 2 rings (SSSR count). The summed E-state index contributed by atoms with van der Waals surface area (Å²) in [6.45, 7) is 7.86. The molecule has 20 heavy (non-hydrogen) atoms. The predicted octanol–water partition coefficient (Wildman–Crippen LogP) is 3.06. The van der Waals surface area contributed by atoms with E-state index in [1.165, 1.54) is 0 Å². The van der Waals surface area contributed by atoms with E-state index in [0.717, 1.165) is 24.3 Å². The van der Waals surface area contributed by atoms with Crippen LogP contribution in [0.1, 0.15) is 32.4 Å². The van der Waals surface area contributed by atoms with Crippen molar-refractivity contribution in [3.8, 4) is 0 Å². The van der Waals surface area contributed by atoms with E-state index in [1.807, 2.05) is 47.9 Å². The summed E-state index contributed by atoms with van der Waals surface area (Å²) >= 11 is 1.94. The van der Waals surface area contributed by atoms with Gasteiger partial charge in [-0.2, -0.15) is 11.8 Å². The zero-order chi connectivity index (χ0) is 14.7. The Hall–Kier alpha value is -1.20. The monoisotopic (exact) mass is 293 g/mol. The number of carbonyl (C=O) groups excluding carboxylic acids is 1. The summed E-state index contributed by atoms with van der Waals surface area (Å²) in [5, 5.41) is 3.94. The molecule has 5 heteroatoms. The van der Waals surface area contributed by atoms with Gasteiger partial charge in [-0.25, -0.2) is 4.79 Å². The lowest BCUT2D eigenvalue weighted by Gasteiger charge is -2.34. The van der Waals surface area contributed by atoms with Crippen molar-refractivity contribution in [1.82, 2.24) is 4.90 Å². The van der Waals surface area contributed by atoms with Crippen molar-refractivity contribution >= 4 is 23.5 Å². The molecule has 0 bridgehead atoms. The lowest BCUT2D eigenvalue weighted by Crippen LogP contribution is -2.46. The highest BCUT2D eigenvalue weighted by Crippen LogP contribution is 2.25. The van der Waals surface area contributed by atoms with Gasteiger partial charge < -0.3 is 16.0 Å². The second-order valence-corrected chi connectivity index (χ2v) is 7.39. The fourth-order valence-corrected chi connectivity index (χ4v) is 3.77. The molecule has 110 valence electrons. The van der Waals surface area contributed by atoms with E-state index in [0.29, 0.717) is 10.5 Å². The van der Waals surface area contributed by atoms with Crippen molar-refractivity contribution in [2.45, 2.75) is 37.3 Å². The van der Waals surface area contributed by atoms with Gasteiger partial charge in [0.1, 0.15) is 0 Å². The molecule has 1 heterocycles. The smallest absolute Gasteiger partial charge is 0.321 e. The fourth-order valence-electron chi connectivity index (χ4n) is 2.45. The number of hydrogen-bond donors (Lipinski definition) is 2. The third-order valence-corrected chi connectivity index (χ3v) is 4.60. The van der Waals surface area contributed by atoms with Crippen LogP contribution in [0.25, 0.3) is 0 Å². The van der Waals surface area contributed by atoms with Gasteiger partial charge in [-0.15, -0.1) is 0 Å². The number of anilines is 1. The van der Waals surface area contributed by atoms with E-state index < -0.39 is 0 Å². The summed E-state index contributed by atoms with van der Waals surface area (Å²) < 4.78 is 0. The lowest BCUT2D eigenvalue weighted by molar-refractivity contribution is 0.211. The van der Waals surface area contributed by atoms with Gasteiger partial charge in [0.15, 0.2) is 0 Å². The van der Waals surface area contributed by atoms with E-state index in [2.05, 4.69) is 19.2 Å². The highest BCUT2D eigenvalue weighted by Gasteiger charge is 2.25. The molecule has 0 saturated carbocycles. The SMILES string of the molecule is CC1CN(C(=O)Nc2cccc(C(C)N)c2)CC(C)S1. The van der Waals surface area contributed by atoms with Gasteiger partial charge in [-0.05, 0) is 24.6 Å². The average Bonchev–Trinajstić information content (AvgIpc) is 2.37. The number of nitrogens with zero attached hydrogens (tertiary/aromatic N) is 1. The lowest BCUT2D eigenvalue weighted by atomic mass is 10.1. The van der Waals surface area contributed by atoms with E-state index >= 15 is 0 Å². The third kappa shape index (κ3) is 3.90. The van der Waals surface area contributed by atoms with Crippen LogP contribution in [0, 0.1) is 0 Å². The summed E-state index contributed by atoms with van der Waals surface area (Å²) in [5.41, 5.74) is 7.70. The Balaban J connectivity index is 2.02. The van der Waals surface area contributed by atoms with Crippen LogP contribution in [-0.2, 0) is 0 Å². The van der Waals surface area contributed by atoms with Gasteiger partial charge in [0.2, 0.25) is 0 Å². The maximum Gasteiger partial charge on any atom is 0.321 e. The summed E-state index contributed by atoms with van der Waals surface area (Å²) in [6, 6.07) is 7.68. The first-order valence-corrected chi connectivity index (χ1v) is 7.97. The van der Waals surface area contributed by atoms with Gasteiger partial charge in [0.25, 0.3) is 0 Å². The van der Waals surface area contributed by atoms with E-state index in [-0.39, 0.29) is 12.1 Å². The first-order valence-electron chi connectivity index (χ1n) is 7.02. The minimum Gasteiger partial charge on any atom is -0.324 e. The summed E-state index contributed by atoms with van der Waals surface area (Å²) in [5.74, 6) is 0. The minimum atomic E-state index is -0.0294. The molecular formula is C15H23N3OS. The molecule has 3 unspecified atom stereocenters. The van der Waals surface area contributed by atoms with Crippen molar-refractivity contribution in [1.29, 1.82) is 0 Å². The van der Waals surface area contributed by atoms with Crippen LogP contribution in [0.5, 0.6) is 0 Å². The molecular weight excluding hydrogens is 270 g/mol. The Labute approximate surface area is 125 Å². The number of rotatable bonds is 2. The van der Waals surface area contributed by atoms with Gasteiger partial charge in [0.05, 0.1) is 0 Å². The van der Waals surface area contributed by atoms with Crippen molar-refractivity contribution in [2.24, 2.45) is 5.73 Å². The Morgan fingerprint density at radius 2 is 2.05 bits per heavy atom. The molecule has 4 nitrogen and oxygen atoms in total. The van der Waals surface area contributed by atoms with E-state index in [9.17, 15) is 4.79 Å². The van der Waals surface area contributed by atoms with Crippen molar-refractivity contribution in [2.75, 3.05) is 18.4 Å². The number of nitrogens with two attached hydrogens (primary N) is 1. The number of carbonyl (C=O) groups is 1. The summed E-state index contributed by atoms with van der Waals surface area (Å²) in [7, 11) is 0. The number of hydrogen-bond acceptors (Lipinski definition) is 3. The highest BCUT2D eigenvalue weighted by atomic mass is 32.2. The minimum absolute atomic E-state index is 0.0224. The second kappa shape index (κ2) is 6.50. The Kier molecular flexibility index (Phi) is 4.94. The van der Waals surface area contributed by atoms with Gasteiger partial charge in [-0.1, -0.05) is 26.0 Å². The van der Waals surface area contributed by atoms with Crippen molar-refractivity contribution in [3.63, 3.8) is 0 Å². The zero-order valence-electron chi connectivity index (χ0n) is 12.3. The Morgan fingerprint density at radius 3 is 2.65 bits per heavy atom. The predicted molar refractivity (Wildman–Crippen MR) is 86.2 cm³/mol. The van der Waals surface area contributed by atoms with Crippen LogP contribution in [0.2, 0.25) is 0 Å². The van der Waals surface area contributed by atoms with Crippen LogP contribution in [-0.4, -0.2) is 34.5 Å². The number of amides is 2. The number of urea groups is 1.